The minimum absolute atomic E-state index is 0.0223. The van der Waals surface area contributed by atoms with Crippen LogP contribution in [0.25, 0.3) is 0 Å². The molecular weight excluding hydrogens is 368 g/mol. The topological polar surface area (TPSA) is 105 Å². The zero-order valence-corrected chi connectivity index (χ0v) is 16.3. The van der Waals surface area contributed by atoms with Gasteiger partial charge in [0.25, 0.3) is 0 Å². The SMILES string of the molecule is Cc1noc(C)c1S(=O)(=O)N1CCC(CC(=O)NCc2cccnc2)CC1. The maximum absolute atomic E-state index is 12.8. The molecule has 1 N–H and O–H groups in total. The second kappa shape index (κ2) is 8.18. The van der Waals surface area contributed by atoms with E-state index in [-0.39, 0.29) is 16.7 Å². The van der Waals surface area contributed by atoms with E-state index < -0.39 is 10.0 Å². The Balaban J connectivity index is 1.51. The van der Waals surface area contributed by atoms with Crippen LogP contribution >= 0.6 is 0 Å². The van der Waals surface area contributed by atoms with Crippen molar-refractivity contribution in [1.82, 2.24) is 19.8 Å². The van der Waals surface area contributed by atoms with E-state index in [4.69, 9.17) is 4.52 Å². The number of amides is 1. The van der Waals surface area contributed by atoms with Gasteiger partial charge in [0, 0.05) is 38.4 Å². The predicted molar refractivity (Wildman–Crippen MR) is 98.2 cm³/mol. The van der Waals surface area contributed by atoms with Crippen molar-refractivity contribution in [3.05, 3.63) is 41.5 Å². The maximum atomic E-state index is 12.8. The van der Waals surface area contributed by atoms with E-state index in [2.05, 4.69) is 15.5 Å². The highest BCUT2D eigenvalue weighted by molar-refractivity contribution is 7.89. The van der Waals surface area contributed by atoms with Crippen LogP contribution in [0.2, 0.25) is 0 Å². The molecule has 0 bridgehead atoms. The number of hydrogen-bond acceptors (Lipinski definition) is 6. The van der Waals surface area contributed by atoms with Crippen molar-refractivity contribution in [3.63, 3.8) is 0 Å². The van der Waals surface area contributed by atoms with E-state index in [1.165, 1.54) is 4.31 Å². The van der Waals surface area contributed by atoms with E-state index in [9.17, 15) is 13.2 Å². The van der Waals surface area contributed by atoms with Gasteiger partial charge in [0.1, 0.15) is 10.6 Å². The van der Waals surface area contributed by atoms with Gasteiger partial charge in [-0.15, -0.1) is 0 Å². The van der Waals surface area contributed by atoms with Crippen molar-refractivity contribution in [2.45, 2.75) is 44.6 Å². The van der Waals surface area contributed by atoms with Crippen LogP contribution in [0.3, 0.4) is 0 Å². The number of aryl methyl sites for hydroxylation is 2. The van der Waals surface area contributed by atoms with E-state index in [0.717, 1.165) is 5.56 Å². The zero-order valence-electron chi connectivity index (χ0n) is 15.5. The summed E-state index contributed by atoms with van der Waals surface area (Å²) >= 11 is 0. The quantitative estimate of drug-likeness (QED) is 0.803. The fourth-order valence-electron chi connectivity index (χ4n) is 3.36. The lowest BCUT2D eigenvalue weighted by Gasteiger charge is -2.30. The van der Waals surface area contributed by atoms with Gasteiger partial charge >= 0.3 is 0 Å². The molecule has 1 fully saturated rings. The number of pyridine rings is 1. The summed E-state index contributed by atoms with van der Waals surface area (Å²) < 4.78 is 32.1. The summed E-state index contributed by atoms with van der Waals surface area (Å²) in [4.78, 5) is 16.3. The third kappa shape index (κ3) is 4.54. The Kier molecular flexibility index (Phi) is 5.91. The van der Waals surface area contributed by atoms with Gasteiger partial charge in [-0.1, -0.05) is 11.2 Å². The first-order chi connectivity index (χ1) is 12.9. The average molecular weight is 392 g/mol. The maximum Gasteiger partial charge on any atom is 0.248 e. The third-order valence-corrected chi connectivity index (χ3v) is 6.97. The van der Waals surface area contributed by atoms with Gasteiger partial charge in [-0.25, -0.2) is 8.42 Å². The summed E-state index contributed by atoms with van der Waals surface area (Å²) in [5.74, 6) is 0.463. The highest BCUT2D eigenvalue weighted by Crippen LogP contribution is 2.28. The van der Waals surface area contributed by atoms with Gasteiger partial charge < -0.3 is 9.84 Å². The highest BCUT2D eigenvalue weighted by Gasteiger charge is 2.34. The fraction of sp³-hybridized carbons (Fsp3) is 0.500. The largest absolute Gasteiger partial charge is 0.360 e. The Labute approximate surface area is 159 Å². The highest BCUT2D eigenvalue weighted by atomic mass is 32.2. The second-order valence-corrected chi connectivity index (χ2v) is 8.72. The molecule has 1 amide bonds. The van der Waals surface area contributed by atoms with E-state index in [0.29, 0.717) is 50.4 Å². The van der Waals surface area contributed by atoms with Crippen LogP contribution in [0.4, 0.5) is 0 Å². The summed E-state index contributed by atoms with van der Waals surface area (Å²) in [5.41, 5.74) is 1.33. The van der Waals surface area contributed by atoms with E-state index >= 15 is 0 Å². The molecule has 0 unspecified atom stereocenters. The van der Waals surface area contributed by atoms with Gasteiger partial charge in [-0.2, -0.15) is 4.31 Å². The number of carbonyl (C=O) groups excluding carboxylic acids is 1. The minimum Gasteiger partial charge on any atom is -0.360 e. The molecule has 0 saturated carbocycles. The second-order valence-electron chi connectivity index (χ2n) is 6.84. The van der Waals surface area contributed by atoms with Gasteiger partial charge in [0.2, 0.25) is 15.9 Å². The number of aromatic nitrogens is 2. The van der Waals surface area contributed by atoms with Crippen LogP contribution in [0.5, 0.6) is 0 Å². The van der Waals surface area contributed by atoms with E-state index in [1.54, 1.807) is 26.2 Å². The van der Waals surface area contributed by atoms with Crippen molar-refractivity contribution in [2.24, 2.45) is 5.92 Å². The molecule has 0 spiro atoms. The number of piperidine rings is 1. The lowest BCUT2D eigenvalue weighted by atomic mass is 9.94. The summed E-state index contributed by atoms with van der Waals surface area (Å²) in [6.07, 6.45) is 5.12. The summed E-state index contributed by atoms with van der Waals surface area (Å²) in [6, 6.07) is 3.74. The normalized spacial score (nSPS) is 16.4. The number of nitrogens with one attached hydrogen (secondary N) is 1. The molecule has 1 aliphatic heterocycles. The molecule has 0 radical (unpaired) electrons. The van der Waals surface area contributed by atoms with E-state index in [1.807, 2.05) is 12.1 Å². The lowest BCUT2D eigenvalue weighted by Crippen LogP contribution is -2.39. The Bertz CT molecular complexity index is 868. The van der Waals surface area contributed by atoms with Crippen molar-refractivity contribution in [3.8, 4) is 0 Å². The molecule has 0 aromatic carbocycles. The van der Waals surface area contributed by atoms with Crippen LogP contribution in [-0.2, 0) is 21.4 Å². The number of sulfonamides is 1. The number of hydrogen-bond donors (Lipinski definition) is 1. The smallest absolute Gasteiger partial charge is 0.248 e. The molecule has 2 aromatic rings. The molecule has 1 saturated heterocycles. The standard InChI is InChI=1S/C18H24N4O4S/c1-13-18(14(2)26-21-13)27(24,25)22-8-5-15(6-9-22)10-17(23)20-12-16-4-3-7-19-11-16/h3-4,7,11,15H,5-6,8-10,12H2,1-2H3,(H,20,23). The number of nitrogens with zero attached hydrogens (tertiary/aromatic N) is 3. The van der Waals surface area contributed by atoms with Gasteiger partial charge in [0.15, 0.2) is 5.76 Å². The number of rotatable bonds is 6. The summed E-state index contributed by atoms with van der Waals surface area (Å²) in [7, 11) is -3.61. The summed E-state index contributed by atoms with van der Waals surface area (Å²) in [6.45, 7) is 4.47. The molecular formula is C18H24N4O4S. The van der Waals surface area contributed by atoms with Gasteiger partial charge in [0.05, 0.1) is 0 Å². The Hall–Kier alpha value is -2.26. The lowest BCUT2D eigenvalue weighted by molar-refractivity contribution is -0.122. The van der Waals surface area contributed by atoms with Crippen molar-refractivity contribution in [2.75, 3.05) is 13.1 Å². The predicted octanol–water partition coefficient (Wildman–Crippen LogP) is 1.79. The monoisotopic (exact) mass is 392 g/mol. The minimum atomic E-state index is -3.61. The first kappa shape index (κ1) is 19.5. The van der Waals surface area contributed by atoms with Crippen LogP contribution in [0.1, 0.15) is 36.3 Å². The van der Waals surface area contributed by atoms with Gasteiger partial charge in [-0.3, -0.25) is 9.78 Å². The van der Waals surface area contributed by atoms with Crippen LogP contribution in [0.15, 0.2) is 33.9 Å². The molecule has 0 aliphatic carbocycles. The molecule has 27 heavy (non-hydrogen) atoms. The first-order valence-electron chi connectivity index (χ1n) is 8.96. The molecule has 0 atom stereocenters. The molecule has 3 heterocycles. The van der Waals surface area contributed by atoms with Crippen LogP contribution in [-0.4, -0.2) is 41.9 Å². The fourth-order valence-corrected chi connectivity index (χ4v) is 5.12. The summed E-state index contributed by atoms with van der Waals surface area (Å²) in [5, 5.41) is 6.63. The Morgan fingerprint density at radius 2 is 2.07 bits per heavy atom. The zero-order chi connectivity index (χ0) is 19.4. The number of carbonyl (C=O) groups is 1. The molecule has 3 rings (SSSR count). The molecule has 9 heteroatoms. The first-order valence-corrected chi connectivity index (χ1v) is 10.4. The molecule has 146 valence electrons. The molecule has 8 nitrogen and oxygen atoms in total. The van der Waals surface area contributed by atoms with Crippen molar-refractivity contribution in [1.29, 1.82) is 0 Å². The van der Waals surface area contributed by atoms with Gasteiger partial charge in [-0.05, 0) is 44.2 Å². The van der Waals surface area contributed by atoms with Crippen molar-refractivity contribution >= 4 is 15.9 Å². The third-order valence-electron chi connectivity index (χ3n) is 4.83. The average Bonchev–Trinajstić information content (AvgIpc) is 3.00. The van der Waals surface area contributed by atoms with Crippen LogP contribution < -0.4 is 5.32 Å². The van der Waals surface area contributed by atoms with Crippen molar-refractivity contribution < 1.29 is 17.7 Å². The molecule has 1 aliphatic rings. The Morgan fingerprint density at radius 1 is 1.33 bits per heavy atom. The Morgan fingerprint density at radius 3 is 2.67 bits per heavy atom. The molecule has 2 aromatic heterocycles. The van der Waals surface area contributed by atoms with Crippen LogP contribution in [0, 0.1) is 19.8 Å².